The van der Waals surface area contributed by atoms with Gasteiger partial charge in [-0.25, -0.2) is 22.9 Å². The van der Waals surface area contributed by atoms with E-state index in [9.17, 15) is 28.7 Å². The second-order valence-electron chi connectivity index (χ2n) is 14.9. The third-order valence-electron chi connectivity index (χ3n) is 8.67. The first-order valence-corrected chi connectivity index (χ1v) is 17.3. The van der Waals surface area contributed by atoms with Crippen molar-refractivity contribution in [3.8, 4) is 17.0 Å². The van der Waals surface area contributed by atoms with Gasteiger partial charge in [-0.15, -0.1) is 0 Å². The van der Waals surface area contributed by atoms with Crippen molar-refractivity contribution in [1.82, 2.24) is 19.4 Å². The summed E-state index contributed by atoms with van der Waals surface area (Å²) in [6.07, 6.45) is -1.45. The van der Waals surface area contributed by atoms with Gasteiger partial charge in [0.2, 0.25) is 0 Å². The molecule has 54 heavy (non-hydrogen) atoms. The molecule has 0 radical (unpaired) electrons. The van der Waals surface area contributed by atoms with E-state index < -0.39 is 77.7 Å². The van der Waals surface area contributed by atoms with Gasteiger partial charge < -0.3 is 38.4 Å². The average molecular weight is 761 g/mol. The molecule has 1 aromatic heterocycles. The minimum absolute atomic E-state index is 0.0245. The van der Waals surface area contributed by atoms with Crippen molar-refractivity contribution in [3.63, 3.8) is 0 Å². The van der Waals surface area contributed by atoms with Crippen molar-refractivity contribution in [2.75, 3.05) is 40.1 Å². The highest BCUT2D eigenvalue weighted by atomic mass is 19.1. The highest BCUT2D eigenvalue weighted by molar-refractivity contribution is 5.81. The van der Waals surface area contributed by atoms with Crippen LogP contribution in [0.3, 0.4) is 0 Å². The number of methoxy groups -OCH3 is 1. The van der Waals surface area contributed by atoms with Gasteiger partial charge in [-0.3, -0.25) is 14.4 Å². The number of hydrogen-bond acceptors (Lipinski definition) is 9. The minimum Gasteiger partial charge on any atom is -0.481 e. The summed E-state index contributed by atoms with van der Waals surface area (Å²) < 4.78 is 68.3. The lowest BCUT2D eigenvalue weighted by Crippen LogP contribution is -2.48. The van der Waals surface area contributed by atoms with Gasteiger partial charge in [-0.05, 0) is 56.7 Å². The van der Waals surface area contributed by atoms with Crippen LogP contribution in [0.2, 0.25) is 0 Å². The first-order valence-electron chi connectivity index (χ1n) is 17.3. The molecule has 1 N–H and O–H groups in total. The number of likely N-dealkylation sites (tertiary alicyclic amines) is 1. The third-order valence-corrected chi connectivity index (χ3v) is 8.67. The zero-order chi connectivity index (χ0) is 40.0. The van der Waals surface area contributed by atoms with E-state index >= 15 is 8.78 Å². The molecular weight excluding hydrogens is 713 g/mol. The Kier molecular flexibility index (Phi) is 13.4. The summed E-state index contributed by atoms with van der Waals surface area (Å²) in [4.78, 5) is 58.4. The molecule has 0 saturated carbocycles. The van der Waals surface area contributed by atoms with Gasteiger partial charge in [0.15, 0.2) is 13.4 Å². The second-order valence-corrected chi connectivity index (χ2v) is 14.9. The number of rotatable bonds is 15. The molecule has 1 fully saturated rings. The molecule has 0 bridgehead atoms. The predicted octanol–water partition coefficient (Wildman–Crippen LogP) is 6.00. The van der Waals surface area contributed by atoms with E-state index in [1.807, 2.05) is 0 Å². The number of carbonyl (C=O) groups excluding carboxylic acids is 3. The summed E-state index contributed by atoms with van der Waals surface area (Å²) in [5, 5.41) is 10.1. The zero-order valence-electron chi connectivity index (χ0n) is 31.4. The van der Waals surface area contributed by atoms with Gasteiger partial charge in [0.25, 0.3) is 5.91 Å². The van der Waals surface area contributed by atoms with Crippen LogP contribution in [0.1, 0.15) is 65.4 Å². The number of carboxylic acids is 1. The van der Waals surface area contributed by atoms with Crippen LogP contribution in [0.4, 0.5) is 18.0 Å². The molecule has 0 spiro atoms. The molecule has 294 valence electrons. The summed E-state index contributed by atoms with van der Waals surface area (Å²) in [7, 11) is 1.47. The van der Waals surface area contributed by atoms with Crippen molar-refractivity contribution in [1.29, 1.82) is 0 Å². The highest BCUT2D eigenvalue weighted by Crippen LogP contribution is 2.43. The lowest BCUT2D eigenvalue weighted by atomic mass is 9.79. The number of nitrogens with zero attached hydrogens (tertiary/aromatic N) is 4. The van der Waals surface area contributed by atoms with E-state index in [1.54, 1.807) is 63.5 Å². The van der Waals surface area contributed by atoms with Crippen molar-refractivity contribution in [2.24, 2.45) is 11.3 Å². The van der Waals surface area contributed by atoms with Crippen molar-refractivity contribution >= 4 is 23.9 Å². The molecule has 13 nitrogen and oxygen atoms in total. The Labute approximate surface area is 311 Å². The van der Waals surface area contributed by atoms with Crippen LogP contribution in [0, 0.1) is 23.0 Å². The van der Waals surface area contributed by atoms with Gasteiger partial charge in [0, 0.05) is 56.8 Å². The Hall–Kier alpha value is -5.12. The first kappa shape index (κ1) is 41.6. The average Bonchev–Trinajstić information content (AvgIpc) is 3.64. The molecule has 3 unspecified atom stereocenters. The lowest BCUT2D eigenvalue weighted by molar-refractivity contribution is -0.154. The number of benzene rings is 2. The van der Waals surface area contributed by atoms with Crippen molar-refractivity contribution < 1.29 is 56.4 Å². The Morgan fingerprint density at radius 2 is 1.78 bits per heavy atom. The van der Waals surface area contributed by atoms with Gasteiger partial charge in [0.1, 0.15) is 35.0 Å². The molecule has 2 heterocycles. The van der Waals surface area contributed by atoms with Crippen LogP contribution < -0.4 is 4.74 Å². The fourth-order valence-electron chi connectivity index (χ4n) is 6.38. The number of imidazole rings is 1. The quantitative estimate of drug-likeness (QED) is 0.144. The van der Waals surface area contributed by atoms with Crippen molar-refractivity contribution in [3.05, 3.63) is 71.7 Å². The molecule has 2 amide bonds. The van der Waals surface area contributed by atoms with E-state index in [0.29, 0.717) is 11.3 Å². The summed E-state index contributed by atoms with van der Waals surface area (Å²) in [6.45, 7) is 7.64. The Morgan fingerprint density at radius 1 is 1.06 bits per heavy atom. The Morgan fingerprint density at radius 3 is 2.43 bits per heavy atom. The number of amides is 2. The number of halogens is 3. The van der Waals surface area contributed by atoms with E-state index in [4.69, 9.17) is 23.9 Å². The third kappa shape index (κ3) is 11.0. The zero-order valence-corrected chi connectivity index (χ0v) is 31.4. The Balaban J connectivity index is 1.91. The molecule has 1 saturated heterocycles. The van der Waals surface area contributed by atoms with E-state index in [1.165, 1.54) is 23.1 Å². The normalized spacial score (nSPS) is 16.5. The molecule has 2 aromatic carbocycles. The molecule has 1 aliphatic rings. The van der Waals surface area contributed by atoms with Crippen LogP contribution in [0.15, 0.2) is 48.7 Å². The maximum Gasteiger partial charge on any atom is 0.410 e. The fraction of sp³-hybridized carbons (Fsp3) is 0.500. The molecule has 0 aliphatic carbocycles. The van der Waals surface area contributed by atoms with Gasteiger partial charge >= 0.3 is 18.0 Å². The van der Waals surface area contributed by atoms with Crippen LogP contribution >= 0.6 is 0 Å². The molecule has 1 aliphatic heterocycles. The highest BCUT2D eigenvalue weighted by Gasteiger charge is 2.46. The maximum absolute atomic E-state index is 15.9. The molecular formula is C38H47F3N4O9. The summed E-state index contributed by atoms with van der Waals surface area (Å²) >= 11 is 0. The number of ether oxygens (including phenoxy) is 4. The number of aliphatic carboxylic acids is 1. The van der Waals surface area contributed by atoms with Crippen LogP contribution in [0.25, 0.3) is 11.3 Å². The first-order chi connectivity index (χ1) is 25.3. The number of carbonyl (C=O) groups is 4. The summed E-state index contributed by atoms with van der Waals surface area (Å²) in [5.41, 5.74) is -1.82. The van der Waals surface area contributed by atoms with E-state index in [2.05, 4.69) is 0 Å². The Bertz CT molecular complexity index is 1830. The van der Waals surface area contributed by atoms with Crippen molar-refractivity contribution in [2.45, 2.75) is 72.3 Å². The largest absolute Gasteiger partial charge is 0.481 e. The lowest BCUT2D eigenvalue weighted by Gasteiger charge is -2.42. The molecule has 4 rings (SSSR count). The number of esters is 1. The number of hydrogen-bond donors (Lipinski definition) is 1. The van der Waals surface area contributed by atoms with Gasteiger partial charge in [0.05, 0.1) is 24.7 Å². The standard InChI is InChI=1S/C38H47F3N4O9/c1-23(46)52-21-32(47)45(18-25-17-44(19-30(25)41)36(50)54-37(2,3)4)34(38(5,6)15-33(48)49)35-42-31(28-14-26(39)11-12-29(28)40)20-43(35)16-24-9-8-10-27(13-24)53-22-51-7/h8-14,20,25,30,34H,15-19,21-22H2,1-7H3,(H,48,49). The SMILES string of the molecule is COCOc1cccc(Cn2cc(-c3cc(F)ccc3F)nc2C(N(CC2CN(C(=O)OC(C)(C)C)CC2F)C(=O)COC(C)=O)C(C)(C)CC(=O)O)c1. The molecule has 3 aromatic rings. The minimum atomic E-state index is -1.63. The number of aromatic nitrogens is 2. The van der Waals surface area contributed by atoms with Gasteiger partial charge in [-0.2, -0.15) is 0 Å². The van der Waals surface area contributed by atoms with Crippen LogP contribution in [0.5, 0.6) is 5.75 Å². The fourth-order valence-corrected chi connectivity index (χ4v) is 6.38. The second kappa shape index (κ2) is 17.3. The maximum atomic E-state index is 15.9. The van der Waals surface area contributed by atoms with Gasteiger partial charge in [-0.1, -0.05) is 26.0 Å². The summed E-state index contributed by atoms with van der Waals surface area (Å²) in [5.74, 6) is -4.81. The van der Waals surface area contributed by atoms with E-state index in [0.717, 1.165) is 25.1 Å². The predicted molar refractivity (Wildman–Crippen MR) is 189 cm³/mol. The van der Waals surface area contributed by atoms with Crippen LogP contribution in [-0.4, -0.2) is 100 Å². The number of carboxylic acid groups (broad SMARTS) is 1. The topological polar surface area (TPSA) is 150 Å². The van der Waals surface area contributed by atoms with Crippen LogP contribution in [-0.2, 0) is 35.1 Å². The summed E-state index contributed by atoms with van der Waals surface area (Å²) in [6, 6.07) is 8.47. The monoisotopic (exact) mass is 760 g/mol. The number of alkyl halides is 1. The smallest absolute Gasteiger partial charge is 0.410 e. The molecule has 16 heteroatoms. The van der Waals surface area contributed by atoms with E-state index in [-0.39, 0.29) is 50.1 Å². The molecule has 3 atom stereocenters.